The first-order chi connectivity index (χ1) is 17.8. The van der Waals surface area contributed by atoms with Gasteiger partial charge in [0.25, 0.3) is 5.56 Å². The molecule has 0 aliphatic heterocycles. The van der Waals surface area contributed by atoms with E-state index in [0.29, 0.717) is 35.2 Å². The standard InChI is InChI=1S/C25H28Cl2N6O4/c1-5-18(34)29-13-9-7-8-10-14(13)31-25-28-12-15-23(32-25)33(6-2)24(35)22(30-15)19-20(26)16(36-3)11-17(37-4)21(19)27/h5,11-14H,1,6-10H2,2-4H3,(H,29,34)(H,28,31,32). The second-order valence-electron chi connectivity index (χ2n) is 8.55. The number of fused-ring (bicyclic) bond motifs is 1. The number of nitrogens with zero attached hydrogens (tertiary/aromatic N) is 4. The minimum absolute atomic E-state index is 0.0327. The van der Waals surface area contributed by atoms with Crippen molar-refractivity contribution in [2.45, 2.75) is 51.2 Å². The number of halogens is 2. The molecular formula is C25H28Cl2N6O4. The number of rotatable bonds is 8. The molecule has 1 aliphatic carbocycles. The minimum atomic E-state index is -0.424. The van der Waals surface area contributed by atoms with E-state index in [-0.39, 0.29) is 39.3 Å². The van der Waals surface area contributed by atoms with E-state index in [4.69, 9.17) is 32.7 Å². The highest BCUT2D eigenvalue weighted by Crippen LogP contribution is 2.44. The first-order valence-corrected chi connectivity index (χ1v) is 12.7. The van der Waals surface area contributed by atoms with Gasteiger partial charge in [0.1, 0.15) is 22.7 Å². The van der Waals surface area contributed by atoms with Gasteiger partial charge in [-0.15, -0.1) is 0 Å². The lowest BCUT2D eigenvalue weighted by atomic mass is 9.90. The van der Waals surface area contributed by atoms with Crippen molar-refractivity contribution in [2.75, 3.05) is 19.5 Å². The zero-order chi connectivity index (χ0) is 26.7. The Kier molecular flexibility index (Phi) is 8.19. The van der Waals surface area contributed by atoms with Gasteiger partial charge in [-0.3, -0.25) is 14.2 Å². The van der Waals surface area contributed by atoms with Gasteiger partial charge < -0.3 is 20.1 Å². The van der Waals surface area contributed by atoms with Crippen molar-refractivity contribution in [2.24, 2.45) is 0 Å². The van der Waals surface area contributed by atoms with Gasteiger partial charge in [0, 0.05) is 24.7 Å². The summed E-state index contributed by atoms with van der Waals surface area (Å²) >= 11 is 13.1. The Morgan fingerprint density at radius 2 is 1.81 bits per heavy atom. The molecule has 37 heavy (non-hydrogen) atoms. The summed E-state index contributed by atoms with van der Waals surface area (Å²) in [5.74, 6) is 0.709. The van der Waals surface area contributed by atoms with Crippen molar-refractivity contribution in [3.05, 3.63) is 45.3 Å². The van der Waals surface area contributed by atoms with E-state index in [0.717, 1.165) is 25.7 Å². The van der Waals surface area contributed by atoms with Crippen LogP contribution in [0.3, 0.4) is 0 Å². The number of methoxy groups -OCH3 is 2. The minimum Gasteiger partial charge on any atom is -0.495 e. The summed E-state index contributed by atoms with van der Waals surface area (Å²) in [7, 11) is 2.91. The molecule has 4 rings (SSSR count). The Hall–Kier alpha value is -3.37. The lowest BCUT2D eigenvalue weighted by Gasteiger charge is -2.32. The molecule has 1 aliphatic rings. The Labute approximate surface area is 224 Å². The van der Waals surface area contributed by atoms with Crippen LogP contribution >= 0.6 is 23.2 Å². The number of aryl methyl sites for hydroxylation is 1. The zero-order valence-corrected chi connectivity index (χ0v) is 22.3. The first-order valence-electron chi connectivity index (χ1n) is 11.9. The van der Waals surface area contributed by atoms with E-state index in [1.54, 1.807) is 12.3 Å². The van der Waals surface area contributed by atoms with Crippen molar-refractivity contribution in [3.63, 3.8) is 0 Å². The number of carbonyl (C=O) groups is 1. The third-order valence-electron chi connectivity index (χ3n) is 6.41. The van der Waals surface area contributed by atoms with Crippen LogP contribution in [-0.2, 0) is 11.3 Å². The first kappa shape index (κ1) is 26.7. The van der Waals surface area contributed by atoms with Crippen LogP contribution in [-0.4, -0.2) is 51.7 Å². The third-order valence-corrected chi connectivity index (χ3v) is 7.16. The number of hydrogen-bond acceptors (Lipinski definition) is 8. The quantitative estimate of drug-likeness (QED) is 0.403. The van der Waals surface area contributed by atoms with Crippen molar-refractivity contribution < 1.29 is 14.3 Å². The largest absolute Gasteiger partial charge is 0.495 e. The number of ether oxygens (including phenoxy) is 2. The number of anilines is 1. The number of aromatic nitrogens is 4. The third kappa shape index (κ3) is 5.21. The van der Waals surface area contributed by atoms with Crippen molar-refractivity contribution >= 4 is 46.2 Å². The monoisotopic (exact) mass is 546 g/mol. The molecule has 0 saturated heterocycles. The molecule has 2 unspecified atom stereocenters. The van der Waals surface area contributed by atoms with Gasteiger partial charge in [-0.1, -0.05) is 42.6 Å². The molecule has 1 amide bonds. The summed E-state index contributed by atoms with van der Waals surface area (Å²) in [5.41, 5.74) is 0.561. The van der Waals surface area contributed by atoms with E-state index in [2.05, 4.69) is 32.2 Å². The SMILES string of the molecule is C=CC(=O)NC1CCCCC1Nc1ncc2nc(-c3c(Cl)c(OC)cc(OC)c3Cl)c(=O)n(CC)c2n1. The Morgan fingerprint density at radius 1 is 1.16 bits per heavy atom. The molecule has 2 atom stereocenters. The average Bonchev–Trinajstić information content (AvgIpc) is 2.90. The van der Waals surface area contributed by atoms with Gasteiger partial charge in [0.05, 0.1) is 36.0 Å². The van der Waals surface area contributed by atoms with E-state index in [9.17, 15) is 9.59 Å². The molecule has 2 heterocycles. The summed E-state index contributed by atoms with van der Waals surface area (Å²) < 4.78 is 12.2. The molecule has 0 spiro atoms. The zero-order valence-electron chi connectivity index (χ0n) is 20.8. The highest BCUT2D eigenvalue weighted by molar-refractivity contribution is 6.41. The van der Waals surface area contributed by atoms with Crippen LogP contribution in [0.2, 0.25) is 10.0 Å². The van der Waals surface area contributed by atoms with Gasteiger partial charge >= 0.3 is 0 Å². The molecule has 2 N–H and O–H groups in total. The molecule has 196 valence electrons. The summed E-state index contributed by atoms with van der Waals surface area (Å²) in [6.45, 7) is 5.68. The van der Waals surface area contributed by atoms with Gasteiger partial charge in [0.2, 0.25) is 11.9 Å². The van der Waals surface area contributed by atoms with Gasteiger partial charge in [0.15, 0.2) is 5.65 Å². The van der Waals surface area contributed by atoms with Crippen LogP contribution in [0.4, 0.5) is 5.95 Å². The highest BCUT2D eigenvalue weighted by atomic mass is 35.5. The van der Waals surface area contributed by atoms with Crippen LogP contribution in [0.1, 0.15) is 32.6 Å². The van der Waals surface area contributed by atoms with Crippen LogP contribution in [0.15, 0.2) is 29.7 Å². The number of benzene rings is 1. The maximum Gasteiger partial charge on any atom is 0.278 e. The molecule has 1 fully saturated rings. The van der Waals surface area contributed by atoms with Crippen LogP contribution in [0, 0.1) is 0 Å². The van der Waals surface area contributed by atoms with Gasteiger partial charge in [-0.2, -0.15) is 4.98 Å². The Morgan fingerprint density at radius 3 is 2.41 bits per heavy atom. The molecule has 1 aromatic carbocycles. The molecular weight excluding hydrogens is 519 g/mol. The average molecular weight is 547 g/mol. The predicted molar refractivity (Wildman–Crippen MR) is 144 cm³/mol. The second-order valence-corrected chi connectivity index (χ2v) is 9.31. The van der Waals surface area contributed by atoms with Crippen LogP contribution in [0.5, 0.6) is 11.5 Å². The fourth-order valence-corrected chi connectivity index (χ4v) is 5.22. The number of hydrogen-bond donors (Lipinski definition) is 2. The molecule has 0 bridgehead atoms. The predicted octanol–water partition coefficient (Wildman–Crippen LogP) is 4.22. The Bertz CT molecular complexity index is 1380. The lowest BCUT2D eigenvalue weighted by molar-refractivity contribution is -0.117. The van der Waals surface area contributed by atoms with Crippen LogP contribution in [0.25, 0.3) is 22.4 Å². The smallest absolute Gasteiger partial charge is 0.278 e. The van der Waals surface area contributed by atoms with E-state index in [1.807, 2.05) is 6.92 Å². The maximum atomic E-state index is 13.6. The molecule has 2 aromatic heterocycles. The number of nitrogens with one attached hydrogen (secondary N) is 2. The maximum absolute atomic E-state index is 13.6. The summed E-state index contributed by atoms with van der Waals surface area (Å²) in [6, 6.07) is 1.40. The molecule has 12 heteroatoms. The summed E-state index contributed by atoms with van der Waals surface area (Å²) in [6.07, 6.45) is 6.51. The van der Waals surface area contributed by atoms with Crippen molar-refractivity contribution in [3.8, 4) is 22.8 Å². The molecule has 3 aromatic rings. The van der Waals surface area contributed by atoms with E-state index >= 15 is 0 Å². The highest BCUT2D eigenvalue weighted by Gasteiger charge is 2.28. The van der Waals surface area contributed by atoms with Crippen LogP contribution < -0.4 is 25.7 Å². The fourth-order valence-electron chi connectivity index (χ4n) is 4.54. The Balaban J connectivity index is 1.79. The van der Waals surface area contributed by atoms with Crippen molar-refractivity contribution in [1.29, 1.82) is 0 Å². The topological polar surface area (TPSA) is 120 Å². The molecule has 10 nitrogen and oxygen atoms in total. The van der Waals surface area contributed by atoms with Gasteiger partial charge in [-0.25, -0.2) is 9.97 Å². The number of amides is 1. The van der Waals surface area contributed by atoms with E-state index < -0.39 is 5.56 Å². The fraction of sp³-hybridized carbons (Fsp3) is 0.400. The second kappa shape index (κ2) is 11.4. The molecule has 1 saturated carbocycles. The van der Waals surface area contributed by atoms with E-state index in [1.165, 1.54) is 24.9 Å². The summed E-state index contributed by atoms with van der Waals surface area (Å²) in [5, 5.41) is 6.59. The molecule has 0 radical (unpaired) electrons. The summed E-state index contributed by atoms with van der Waals surface area (Å²) in [4.78, 5) is 39.1. The lowest BCUT2D eigenvalue weighted by Crippen LogP contribution is -2.48. The number of carbonyl (C=O) groups excluding carboxylic acids is 1. The van der Waals surface area contributed by atoms with Crippen molar-refractivity contribution in [1.82, 2.24) is 24.8 Å². The normalized spacial score (nSPS) is 17.3. The van der Waals surface area contributed by atoms with Gasteiger partial charge in [-0.05, 0) is 25.8 Å².